The fourth-order valence-electron chi connectivity index (χ4n) is 1.42. The molecule has 2 rings (SSSR count). The van der Waals surface area contributed by atoms with Crippen molar-refractivity contribution in [3.63, 3.8) is 0 Å². The Morgan fingerprint density at radius 1 is 1.24 bits per heavy atom. The number of aromatic nitrogens is 1. The number of ether oxygens (including phenoxy) is 1. The lowest BCUT2D eigenvalue weighted by atomic mass is 10.1. The smallest absolute Gasteiger partial charge is 0.213 e. The highest BCUT2D eigenvalue weighted by atomic mass is 35.5. The number of nitrogens with zero attached hydrogens (tertiary/aromatic N) is 1. The zero-order valence-corrected chi connectivity index (χ0v) is 10.4. The van der Waals surface area contributed by atoms with Crippen LogP contribution in [0.25, 0.3) is 11.3 Å². The van der Waals surface area contributed by atoms with E-state index in [4.69, 9.17) is 27.9 Å². The topological polar surface area (TPSA) is 22.1 Å². The fourth-order valence-corrected chi connectivity index (χ4v) is 1.91. The van der Waals surface area contributed by atoms with Crippen molar-refractivity contribution in [2.24, 2.45) is 0 Å². The van der Waals surface area contributed by atoms with Gasteiger partial charge in [-0.25, -0.2) is 9.37 Å². The van der Waals surface area contributed by atoms with E-state index in [0.717, 1.165) is 0 Å². The molecule has 0 saturated heterocycles. The number of pyridine rings is 1. The summed E-state index contributed by atoms with van der Waals surface area (Å²) >= 11 is 11.6. The maximum absolute atomic E-state index is 13.8. The first kappa shape index (κ1) is 12.1. The second-order valence-electron chi connectivity index (χ2n) is 3.31. The molecule has 88 valence electrons. The van der Waals surface area contributed by atoms with Crippen LogP contribution in [0.3, 0.4) is 0 Å². The minimum absolute atomic E-state index is 0.0304. The van der Waals surface area contributed by atoms with Crippen LogP contribution in [0.4, 0.5) is 4.39 Å². The molecule has 0 unspecified atom stereocenters. The molecule has 1 aromatic carbocycles. The molecule has 0 fully saturated rings. The Labute approximate surface area is 108 Å². The number of benzene rings is 1. The summed E-state index contributed by atoms with van der Waals surface area (Å²) in [6, 6.07) is 7.88. The maximum Gasteiger partial charge on any atom is 0.213 e. The van der Waals surface area contributed by atoms with Crippen LogP contribution in [0, 0.1) is 5.82 Å². The number of methoxy groups -OCH3 is 1. The van der Waals surface area contributed by atoms with E-state index in [2.05, 4.69) is 4.98 Å². The molecular formula is C12H8Cl2FNO. The van der Waals surface area contributed by atoms with Crippen molar-refractivity contribution in [2.75, 3.05) is 7.11 Å². The third kappa shape index (κ3) is 2.51. The van der Waals surface area contributed by atoms with Crippen LogP contribution in [-0.4, -0.2) is 12.1 Å². The zero-order valence-electron chi connectivity index (χ0n) is 8.88. The SMILES string of the molecule is COc1cccc(-c2cc(Cl)cc(Cl)c2F)n1. The summed E-state index contributed by atoms with van der Waals surface area (Å²) < 4.78 is 18.8. The maximum atomic E-state index is 13.8. The first-order valence-corrected chi connectivity index (χ1v) is 5.53. The number of rotatable bonds is 2. The van der Waals surface area contributed by atoms with Gasteiger partial charge in [-0.3, -0.25) is 0 Å². The molecule has 2 nitrogen and oxygen atoms in total. The van der Waals surface area contributed by atoms with Gasteiger partial charge in [-0.15, -0.1) is 0 Å². The zero-order chi connectivity index (χ0) is 12.4. The molecule has 0 radical (unpaired) electrons. The molecule has 17 heavy (non-hydrogen) atoms. The van der Waals surface area contributed by atoms with Crippen molar-refractivity contribution < 1.29 is 9.13 Å². The van der Waals surface area contributed by atoms with Gasteiger partial charge >= 0.3 is 0 Å². The molecule has 0 amide bonds. The van der Waals surface area contributed by atoms with E-state index in [1.165, 1.54) is 19.2 Å². The van der Waals surface area contributed by atoms with Gasteiger partial charge in [0, 0.05) is 16.7 Å². The van der Waals surface area contributed by atoms with E-state index >= 15 is 0 Å². The van der Waals surface area contributed by atoms with Crippen molar-refractivity contribution in [3.8, 4) is 17.1 Å². The van der Waals surface area contributed by atoms with Crippen LogP contribution in [0.1, 0.15) is 0 Å². The molecule has 0 aliphatic rings. The summed E-state index contributed by atoms with van der Waals surface area (Å²) in [4.78, 5) is 4.13. The Kier molecular flexibility index (Phi) is 3.50. The van der Waals surface area contributed by atoms with E-state index in [1.54, 1.807) is 18.2 Å². The molecule has 2 aromatic rings. The Morgan fingerprint density at radius 2 is 2.00 bits per heavy atom. The highest BCUT2D eigenvalue weighted by Gasteiger charge is 2.12. The molecule has 0 bridgehead atoms. The largest absolute Gasteiger partial charge is 0.481 e. The van der Waals surface area contributed by atoms with Gasteiger partial charge in [0.05, 0.1) is 17.8 Å². The number of hydrogen-bond acceptors (Lipinski definition) is 2. The van der Waals surface area contributed by atoms with E-state index < -0.39 is 5.82 Å². The highest BCUT2D eigenvalue weighted by Crippen LogP contribution is 2.30. The van der Waals surface area contributed by atoms with Crippen LogP contribution in [-0.2, 0) is 0 Å². The first-order chi connectivity index (χ1) is 8.11. The van der Waals surface area contributed by atoms with E-state index in [0.29, 0.717) is 16.6 Å². The molecule has 0 spiro atoms. The summed E-state index contributed by atoms with van der Waals surface area (Å²) in [5, 5.41) is 0.327. The van der Waals surface area contributed by atoms with Crippen LogP contribution in [0.2, 0.25) is 10.0 Å². The predicted molar refractivity (Wildman–Crippen MR) is 66.2 cm³/mol. The molecule has 0 N–H and O–H groups in total. The normalized spacial score (nSPS) is 10.4. The molecular weight excluding hydrogens is 264 g/mol. The average molecular weight is 272 g/mol. The molecule has 0 aliphatic heterocycles. The van der Waals surface area contributed by atoms with Crippen LogP contribution in [0.5, 0.6) is 5.88 Å². The van der Waals surface area contributed by atoms with Gasteiger partial charge in [-0.2, -0.15) is 0 Å². The van der Waals surface area contributed by atoms with Gasteiger partial charge < -0.3 is 4.74 Å². The lowest BCUT2D eigenvalue weighted by Gasteiger charge is -2.06. The van der Waals surface area contributed by atoms with Gasteiger partial charge in [0.15, 0.2) is 5.82 Å². The average Bonchev–Trinajstić information content (AvgIpc) is 2.34. The van der Waals surface area contributed by atoms with Gasteiger partial charge in [0.25, 0.3) is 0 Å². The standard InChI is InChI=1S/C12H8Cl2FNO/c1-17-11-4-2-3-10(16-11)8-5-7(13)6-9(14)12(8)15/h2-6H,1H3. The lowest BCUT2D eigenvalue weighted by molar-refractivity contribution is 0.398. The van der Waals surface area contributed by atoms with Gasteiger partial charge in [0.1, 0.15) is 0 Å². The van der Waals surface area contributed by atoms with Crippen molar-refractivity contribution in [2.45, 2.75) is 0 Å². The van der Waals surface area contributed by atoms with Crippen LogP contribution in [0.15, 0.2) is 30.3 Å². The Bertz CT molecular complexity index is 560. The fraction of sp³-hybridized carbons (Fsp3) is 0.0833. The minimum atomic E-state index is -0.545. The summed E-state index contributed by atoms with van der Waals surface area (Å²) in [5.41, 5.74) is 0.674. The van der Waals surface area contributed by atoms with E-state index in [1.807, 2.05) is 0 Å². The molecule has 5 heteroatoms. The quantitative estimate of drug-likeness (QED) is 0.764. The molecule has 1 heterocycles. The number of hydrogen-bond donors (Lipinski definition) is 0. The van der Waals surface area contributed by atoms with Crippen molar-refractivity contribution >= 4 is 23.2 Å². The summed E-state index contributed by atoms with van der Waals surface area (Å²) in [6.07, 6.45) is 0. The van der Waals surface area contributed by atoms with Crippen LogP contribution >= 0.6 is 23.2 Å². The molecule has 0 aliphatic carbocycles. The summed E-state index contributed by atoms with van der Waals surface area (Å²) in [5.74, 6) is -0.144. The van der Waals surface area contributed by atoms with Crippen molar-refractivity contribution in [3.05, 3.63) is 46.2 Å². The second kappa shape index (κ2) is 4.90. The highest BCUT2D eigenvalue weighted by molar-refractivity contribution is 6.35. The lowest BCUT2D eigenvalue weighted by Crippen LogP contribution is -1.92. The van der Waals surface area contributed by atoms with Gasteiger partial charge in [-0.05, 0) is 18.2 Å². The first-order valence-electron chi connectivity index (χ1n) is 4.78. The third-order valence-corrected chi connectivity index (χ3v) is 2.69. The predicted octanol–water partition coefficient (Wildman–Crippen LogP) is 4.20. The molecule has 0 saturated carbocycles. The second-order valence-corrected chi connectivity index (χ2v) is 4.16. The summed E-state index contributed by atoms with van der Waals surface area (Å²) in [7, 11) is 1.49. The Balaban J connectivity index is 2.59. The summed E-state index contributed by atoms with van der Waals surface area (Å²) in [6.45, 7) is 0. The third-order valence-electron chi connectivity index (χ3n) is 2.20. The molecule has 1 aromatic heterocycles. The van der Waals surface area contributed by atoms with Crippen molar-refractivity contribution in [1.29, 1.82) is 0 Å². The van der Waals surface area contributed by atoms with Crippen LogP contribution < -0.4 is 4.74 Å². The molecule has 0 atom stereocenters. The van der Waals surface area contributed by atoms with Crippen molar-refractivity contribution in [1.82, 2.24) is 4.98 Å². The van der Waals surface area contributed by atoms with E-state index in [9.17, 15) is 4.39 Å². The number of halogens is 3. The van der Waals surface area contributed by atoms with E-state index in [-0.39, 0.29) is 10.6 Å². The van der Waals surface area contributed by atoms with Gasteiger partial charge in [0.2, 0.25) is 5.88 Å². The minimum Gasteiger partial charge on any atom is -0.481 e. The Hall–Kier alpha value is -1.32. The Morgan fingerprint density at radius 3 is 2.71 bits per heavy atom. The van der Waals surface area contributed by atoms with Gasteiger partial charge in [-0.1, -0.05) is 29.3 Å². The monoisotopic (exact) mass is 271 g/mol.